The number of aliphatic carboxylic acids is 2. The second-order valence-corrected chi connectivity index (χ2v) is 8.04. The molecule has 0 bridgehead atoms. The van der Waals surface area contributed by atoms with Crippen molar-refractivity contribution in [2.75, 3.05) is 6.61 Å². The highest BCUT2D eigenvalue weighted by Gasteiger charge is 2.19. The van der Waals surface area contributed by atoms with E-state index in [-0.39, 0.29) is 11.3 Å². The Morgan fingerprint density at radius 3 is 2.19 bits per heavy atom. The SMILES string of the molecule is O=C(O)CO/N=C(/C(=O)O)c1cc(Br)c(Oc2ccc(O)c(-c3ccccc3)c2)c(Br)c1. The van der Waals surface area contributed by atoms with Crippen LogP contribution in [0.3, 0.4) is 0 Å². The van der Waals surface area contributed by atoms with Gasteiger partial charge in [-0.3, -0.25) is 0 Å². The van der Waals surface area contributed by atoms with Gasteiger partial charge in [0.1, 0.15) is 11.5 Å². The van der Waals surface area contributed by atoms with Gasteiger partial charge in [0.05, 0.1) is 8.95 Å². The maximum absolute atomic E-state index is 11.5. The lowest BCUT2D eigenvalue weighted by atomic mass is 10.0. The van der Waals surface area contributed by atoms with Gasteiger partial charge in [0.25, 0.3) is 0 Å². The Morgan fingerprint density at radius 1 is 0.938 bits per heavy atom. The molecule has 10 heteroatoms. The summed E-state index contributed by atoms with van der Waals surface area (Å²) in [6, 6.07) is 17.0. The predicted octanol–water partition coefficient (Wildman–Crippen LogP) is 5.27. The fourth-order valence-electron chi connectivity index (χ4n) is 2.71. The Hall–Kier alpha value is -3.37. The van der Waals surface area contributed by atoms with Crippen molar-refractivity contribution in [3.63, 3.8) is 0 Å². The molecule has 0 spiro atoms. The molecule has 0 radical (unpaired) electrons. The highest BCUT2D eigenvalue weighted by molar-refractivity contribution is 9.11. The Kier molecular flexibility index (Phi) is 7.49. The summed E-state index contributed by atoms with van der Waals surface area (Å²) in [5.41, 5.74) is 1.08. The molecule has 0 aliphatic heterocycles. The Balaban J connectivity index is 1.92. The number of oxime groups is 1. The average Bonchev–Trinajstić information content (AvgIpc) is 2.75. The van der Waals surface area contributed by atoms with Crippen molar-refractivity contribution in [1.29, 1.82) is 0 Å². The Morgan fingerprint density at radius 2 is 1.59 bits per heavy atom. The van der Waals surface area contributed by atoms with Gasteiger partial charge in [-0.25, -0.2) is 9.59 Å². The van der Waals surface area contributed by atoms with Gasteiger partial charge >= 0.3 is 11.9 Å². The lowest BCUT2D eigenvalue weighted by Crippen LogP contribution is -2.16. The summed E-state index contributed by atoms with van der Waals surface area (Å²) in [4.78, 5) is 26.7. The first-order valence-electron chi connectivity index (χ1n) is 8.97. The molecule has 8 nitrogen and oxygen atoms in total. The molecule has 0 unspecified atom stereocenters. The van der Waals surface area contributed by atoms with Gasteiger partial charge in [-0.05, 0) is 67.8 Å². The molecule has 0 amide bonds. The summed E-state index contributed by atoms with van der Waals surface area (Å²) in [6.07, 6.45) is 0. The molecule has 0 aliphatic carbocycles. The first-order chi connectivity index (χ1) is 15.3. The minimum atomic E-state index is -1.39. The molecule has 0 aliphatic rings. The number of nitrogens with zero attached hydrogens (tertiary/aromatic N) is 1. The summed E-state index contributed by atoms with van der Waals surface area (Å²) < 4.78 is 6.78. The zero-order chi connectivity index (χ0) is 23.3. The number of carbonyl (C=O) groups is 2. The quantitative estimate of drug-likeness (QED) is 0.251. The van der Waals surface area contributed by atoms with Crippen molar-refractivity contribution in [1.82, 2.24) is 0 Å². The van der Waals surface area contributed by atoms with E-state index in [2.05, 4.69) is 41.9 Å². The predicted molar refractivity (Wildman–Crippen MR) is 123 cm³/mol. The van der Waals surface area contributed by atoms with Crippen molar-refractivity contribution in [3.8, 4) is 28.4 Å². The first kappa shape index (κ1) is 23.3. The molecule has 0 saturated carbocycles. The van der Waals surface area contributed by atoms with Gasteiger partial charge in [0.2, 0.25) is 6.61 Å². The zero-order valence-electron chi connectivity index (χ0n) is 16.2. The molecule has 32 heavy (non-hydrogen) atoms. The van der Waals surface area contributed by atoms with Crippen LogP contribution in [-0.2, 0) is 14.4 Å². The standard InChI is InChI=1S/C22H15Br2NO7/c23-16-8-13(20(22(29)30)25-31-11-19(27)28)9-17(24)21(16)32-14-6-7-18(26)15(10-14)12-4-2-1-3-5-12/h1-10,26H,11H2,(H,27,28)(H,29,30)/b25-20+. The third kappa shape index (κ3) is 5.65. The molecule has 0 atom stereocenters. The summed E-state index contributed by atoms with van der Waals surface area (Å²) in [5, 5.41) is 31.7. The third-order valence-electron chi connectivity index (χ3n) is 4.09. The largest absolute Gasteiger partial charge is 0.507 e. The van der Waals surface area contributed by atoms with E-state index >= 15 is 0 Å². The van der Waals surface area contributed by atoms with Crippen LogP contribution in [0, 0.1) is 0 Å². The van der Waals surface area contributed by atoms with Crippen molar-refractivity contribution in [2.45, 2.75) is 0 Å². The number of aromatic hydroxyl groups is 1. The summed E-state index contributed by atoms with van der Waals surface area (Å²) in [5.74, 6) is -1.79. The maximum Gasteiger partial charge on any atom is 0.358 e. The van der Waals surface area contributed by atoms with Crippen LogP contribution in [0.2, 0.25) is 0 Å². The summed E-state index contributed by atoms with van der Waals surface area (Å²) >= 11 is 6.71. The van der Waals surface area contributed by atoms with Crippen LogP contribution < -0.4 is 4.74 Å². The number of halogens is 2. The van der Waals surface area contributed by atoms with Crippen molar-refractivity contribution in [3.05, 3.63) is 75.2 Å². The van der Waals surface area contributed by atoms with Crippen LogP contribution >= 0.6 is 31.9 Å². The minimum absolute atomic E-state index is 0.0979. The van der Waals surface area contributed by atoms with Gasteiger partial charge < -0.3 is 24.9 Å². The van der Waals surface area contributed by atoms with Crippen LogP contribution in [0.25, 0.3) is 11.1 Å². The lowest BCUT2D eigenvalue weighted by Gasteiger charge is -2.14. The number of rotatable bonds is 8. The van der Waals surface area contributed by atoms with Crippen LogP contribution in [0.4, 0.5) is 0 Å². The van der Waals surface area contributed by atoms with Crippen LogP contribution in [-0.4, -0.2) is 39.6 Å². The number of carboxylic acid groups (broad SMARTS) is 2. The van der Waals surface area contributed by atoms with E-state index in [1.165, 1.54) is 18.2 Å². The number of hydrogen-bond acceptors (Lipinski definition) is 6. The summed E-state index contributed by atoms with van der Waals surface area (Å²) in [6.45, 7) is -0.773. The van der Waals surface area contributed by atoms with Crippen LogP contribution in [0.5, 0.6) is 17.2 Å². The second-order valence-electron chi connectivity index (χ2n) is 6.33. The zero-order valence-corrected chi connectivity index (χ0v) is 19.3. The van der Waals surface area contributed by atoms with Crippen molar-refractivity contribution < 1.29 is 34.5 Å². The first-order valence-corrected chi connectivity index (χ1v) is 10.6. The Bertz CT molecular complexity index is 1170. The number of benzene rings is 3. The van der Waals surface area contributed by atoms with E-state index in [1.54, 1.807) is 12.1 Å². The highest BCUT2D eigenvalue weighted by Crippen LogP contribution is 2.40. The van der Waals surface area contributed by atoms with E-state index in [0.717, 1.165) is 5.56 Å². The number of phenols is 1. The van der Waals surface area contributed by atoms with Crippen LogP contribution in [0.15, 0.2) is 74.8 Å². The third-order valence-corrected chi connectivity index (χ3v) is 5.27. The van der Waals surface area contributed by atoms with E-state index in [4.69, 9.17) is 9.84 Å². The monoisotopic (exact) mass is 563 g/mol. The molecule has 0 saturated heterocycles. The van der Waals surface area contributed by atoms with E-state index in [9.17, 15) is 19.8 Å². The second kappa shape index (κ2) is 10.3. The van der Waals surface area contributed by atoms with Gasteiger partial charge in [0.15, 0.2) is 11.5 Å². The highest BCUT2D eigenvalue weighted by atomic mass is 79.9. The van der Waals surface area contributed by atoms with Gasteiger partial charge in [-0.15, -0.1) is 0 Å². The minimum Gasteiger partial charge on any atom is -0.507 e. The number of ether oxygens (including phenoxy) is 1. The molecule has 3 aromatic carbocycles. The van der Waals surface area contributed by atoms with Crippen molar-refractivity contribution >= 4 is 49.5 Å². The van der Waals surface area contributed by atoms with Crippen molar-refractivity contribution in [2.24, 2.45) is 5.16 Å². The number of hydrogen-bond donors (Lipinski definition) is 3. The van der Waals surface area contributed by atoms with Gasteiger partial charge in [-0.1, -0.05) is 35.5 Å². The fourth-order valence-corrected chi connectivity index (χ4v) is 4.06. The molecular weight excluding hydrogens is 550 g/mol. The smallest absolute Gasteiger partial charge is 0.358 e. The molecule has 3 aromatic rings. The fraction of sp³-hybridized carbons (Fsp3) is 0.0455. The molecule has 164 valence electrons. The Labute approximate surface area is 199 Å². The molecule has 3 rings (SSSR count). The topological polar surface area (TPSA) is 126 Å². The van der Waals surface area contributed by atoms with E-state index < -0.39 is 24.3 Å². The lowest BCUT2D eigenvalue weighted by molar-refractivity contribution is -0.142. The van der Waals surface area contributed by atoms with Gasteiger partial charge in [0, 0.05) is 11.1 Å². The van der Waals surface area contributed by atoms with Gasteiger partial charge in [-0.2, -0.15) is 0 Å². The normalized spacial score (nSPS) is 11.1. The average molecular weight is 565 g/mol. The molecule has 0 aromatic heterocycles. The maximum atomic E-state index is 11.5. The molecular formula is C22H15Br2NO7. The number of phenolic OH excluding ortho intramolecular Hbond substituents is 1. The van der Waals surface area contributed by atoms with E-state index in [0.29, 0.717) is 26.0 Å². The molecule has 0 heterocycles. The summed E-state index contributed by atoms with van der Waals surface area (Å²) in [7, 11) is 0. The molecule has 3 N–H and O–H groups in total. The molecule has 0 fully saturated rings. The van der Waals surface area contributed by atoms with E-state index in [1.807, 2.05) is 30.3 Å². The van der Waals surface area contributed by atoms with Crippen LogP contribution in [0.1, 0.15) is 5.56 Å². The number of carboxylic acids is 2.